The lowest BCUT2D eigenvalue weighted by Gasteiger charge is -2.08. The fourth-order valence-electron chi connectivity index (χ4n) is 1.47. The maximum atomic E-state index is 12.2. The Morgan fingerprint density at radius 1 is 1.30 bits per heavy atom. The number of thioether (sulfide) groups is 1. The SMILES string of the molecule is CSc1ncc(Cl)c(C(=O)Nc2ccc(C)c(Cl)c2)n1. The van der Waals surface area contributed by atoms with Crippen LogP contribution in [0.2, 0.25) is 10.0 Å². The van der Waals surface area contributed by atoms with Crippen molar-refractivity contribution in [3.63, 3.8) is 0 Å². The highest BCUT2D eigenvalue weighted by Gasteiger charge is 2.14. The quantitative estimate of drug-likeness (QED) is 0.682. The van der Waals surface area contributed by atoms with Gasteiger partial charge in [0, 0.05) is 10.7 Å². The number of hydrogen-bond acceptors (Lipinski definition) is 4. The number of amides is 1. The highest BCUT2D eigenvalue weighted by molar-refractivity contribution is 7.98. The standard InChI is InChI=1S/C13H11Cl2N3OS/c1-7-3-4-8(5-9(7)14)17-12(19)11-10(15)6-16-13(18-11)20-2/h3-6H,1-2H3,(H,17,19). The molecule has 0 fully saturated rings. The van der Waals surface area contributed by atoms with Crippen molar-refractivity contribution in [3.8, 4) is 0 Å². The Morgan fingerprint density at radius 2 is 2.05 bits per heavy atom. The molecule has 0 saturated carbocycles. The maximum absolute atomic E-state index is 12.2. The largest absolute Gasteiger partial charge is 0.321 e. The summed E-state index contributed by atoms with van der Waals surface area (Å²) in [6.07, 6.45) is 3.24. The molecule has 1 heterocycles. The molecule has 1 amide bonds. The van der Waals surface area contributed by atoms with Crippen LogP contribution in [0.5, 0.6) is 0 Å². The van der Waals surface area contributed by atoms with Gasteiger partial charge in [0.05, 0.1) is 11.2 Å². The van der Waals surface area contributed by atoms with Crippen LogP contribution in [0.15, 0.2) is 29.6 Å². The lowest BCUT2D eigenvalue weighted by molar-refractivity contribution is 0.102. The van der Waals surface area contributed by atoms with Gasteiger partial charge in [0.1, 0.15) is 0 Å². The molecule has 0 spiro atoms. The molecule has 0 atom stereocenters. The third-order valence-electron chi connectivity index (χ3n) is 2.55. The van der Waals surface area contributed by atoms with Crippen molar-refractivity contribution in [1.29, 1.82) is 0 Å². The van der Waals surface area contributed by atoms with Gasteiger partial charge in [0.25, 0.3) is 5.91 Å². The number of rotatable bonds is 3. The van der Waals surface area contributed by atoms with Crippen molar-refractivity contribution >= 4 is 46.6 Å². The van der Waals surface area contributed by atoms with Crippen LogP contribution in [0, 0.1) is 6.92 Å². The van der Waals surface area contributed by atoms with E-state index >= 15 is 0 Å². The van der Waals surface area contributed by atoms with E-state index in [4.69, 9.17) is 23.2 Å². The highest BCUT2D eigenvalue weighted by atomic mass is 35.5. The van der Waals surface area contributed by atoms with E-state index in [0.717, 1.165) is 5.56 Å². The first-order valence-electron chi connectivity index (χ1n) is 5.65. The lowest BCUT2D eigenvalue weighted by Crippen LogP contribution is -2.15. The third kappa shape index (κ3) is 3.42. The number of nitrogens with one attached hydrogen (secondary N) is 1. The monoisotopic (exact) mass is 327 g/mol. The first-order chi connectivity index (χ1) is 9.51. The van der Waals surface area contributed by atoms with Crippen molar-refractivity contribution in [3.05, 3.63) is 45.7 Å². The van der Waals surface area contributed by atoms with E-state index in [1.807, 2.05) is 19.2 Å². The molecule has 0 aliphatic heterocycles. The molecule has 1 aromatic carbocycles. The molecule has 104 valence electrons. The predicted molar refractivity (Wildman–Crippen MR) is 83.0 cm³/mol. The second-order valence-electron chi connectivity index (χ2n) is 3.97. The van der Waals surface area contributed by atoms with Crippen molar-refractivity contribution in [2.24, 2.45) is 0 Å². The second-order valence-corrected chi connectivity index (χ2v) is 5.56. The van der Waals surface area contributed by atoms with Gasteiger partial charge in [-0.3, -0.25) is 4.79 Å². The van der Waals surface area contributed by atoms with Crippen LogP contribution < -0.4 is 5.32 Å². The summed E-state index contributed by atoms with van der Waals surface area (Å²) in [6.45, 7) is 1.89. The van der Waals surface area contributed by atoms with Crippen LogP contribution in [0.3, 0.4) is 0 Å². The zero-order chi connectivity index (χ0) is 14.7. The number of anilines is 1. The molecular formula is C13H11Cl2N3OS. The lowest BCUT2D eigenvalue weighted by atomic mass is 10.2. The number of aromatic nitrogens is 2. The number of aryl methyl sites for hydroxylation is 1. The number of benzene rings is 1. The summed E-state index contributed by atoms with van der Waals surface area (Å²) in [5.74, 6) is -0.396. The zero-order valence-corrected chi connectivity index (χ0v) is 13.1. The van der Waals surface area contributed by atoms with E-state index in [1.165, 1.54) is 18.0 Å². The average Bonchev–Trinajstić information content (AvgIpc) is 2.43. The van der Waals surface area contributed by atoms with Gasteiger partial charge in [-0.05, 0) is 30.9 Å². The molecule has 1 N–H and O–H groups in total. The summed E-state index contributed by atoms with van der Waals surface area (Å²) >= 11 is 13.3. The van der Waals surface area contributed by atoms with Crippen LogP contribution in [0.25, 0.3) is 0 Å². The summed E-state index contributed by atoms with van der Waals surface area (Å²) in [7, 11) is 0. The minimum Gasteiger partial charge on any atom is -0.321 e. The Morgan fingerprint density at radius 3 is 2.70 bits per heavy atom. The Bertz CT molecular complexity index is 664. The van der Waals surface area contributed by atoms with Gasteiger partial charge >= 0.3 is 0 Å². The van der Waals surface area contributed by atoms with Crippen LogP contribution in [0.4, 0.5) is 5.69 Å². The van der Waals surface area contributed by atoms with E-state index in [-0.39, 0.29) is 10.7 Å². The van der Waals surface area contributed by atoms with Crippen LogP contribution in [-0.4, -0.2) is 22.1 Å². The van der Waals surface area contributed by atoms with E-state index in [9.17, 15) is 4.79 Å². The first-order valence-corrected chi connectivity index (χ1v) is 7.63. The van der Waals surface area contributed by atoms with Gasteiger partial charge in [0.15, 0.2) is 10.9 Å². The molecule has 0 radical (unpaired) electrons. The van der Waals surface area contributed by atoms with Gasteiger partial charge < -0.3 is 5.32 Å². The van der Waals surface area contributed by atoms with Crippen LogP contribution in [0.1, 0.15) is 16.1 Å². The molecule has 2 rings (SSSR count). The molecule has 0 unspecified atom stereocenters. The fourth-order valence-corrected chi connectivity index (χ4v) is 2.17. The number of hydrogen-bond donors (Lipinski definition) is 1. The van der Waals surface area contributed by atoms with Gasteiger partial charge in [-0.15, -0.1) is 0 Å². The molecule has 20 heavy (non-hydrogen) atoms. The maximum Gasteiger partial charge on any atom is 0.275 e. The fraction of sp³-hybridized carbons (Fsp3) is 0.154. The van der Waals surface area contributed by atoms with E-state index < -0.39 is 5.91 Å². The molecule has 2 aromatic rings. The topological polar surface area (TPSA) is 54.9 Å². The number of halogens is 2. The van der Waals surface area contributed by atoms with Gasteiger partial charge in [-0.25, -0.2) is 9.97 Å². The minimum absolute atomic E-state index is 0.141. The highest BCUT2D eigenvalue weighted by Crippen LogP contribution is 2.22. The molecular weight excluding hydrogens is 317 g/mol. The molecule has 0 saturated heterocycles. The Hall–Kier alpha value is -1.30. The van der Waals surface area contributed by atoms with Crippen LogP contribution >= 0.6 is 35.0 Å². The summed E-state index contributed by atoms with van der Waals surface area (Å²) in [6, 6.07) is 5.27. The molecule has 0 aliphatic carbocycles. The minimum atomic E-state index is -0.396. The predicted octanol–water partition coefficient (Wildman–Crippen LogP) is 4.07. The van der Waals surface area contributed by atoms with Crippen molar-refractivity contribution in [2.75, 3.05) is 11.6 Å². The third-order valence-corrected chi connectivity index (χ3v) is 3.79. The van der Waals surface area contributed by atoms with E-state index in [1.54, 1.807) is 12.1 Å². The smallest absolute Gasteiger partial charge is 0.275 e. The molecule has 7 heteroatoms. The van der Waals surface area contributed by atoms with Crippen molar-refractivity contribution in [1.82, 2.24) is 9.97 Å². The molecule has 0 bridgehead atoms. The number of carbonyl (C=O) groups is 1. The molecule has 1 aromatic heterocycles. The summed E-state index contributed by atoms with van der Waals surface area (Å²) in [5, 5.41) is 3.99. The summed E-state index contributed by atoms with van der Waals surface area (Å²) in [4.78, 5) is 20.3. The van der Waals surface area contributed by atoms with E-state index in [0.29, 0.717) is 15.9 Å². The molecule has 0 aliphatic rings. The van der Waals surface area contributed by atoms with Crippen molar-refractivity contribution in [2.45, 2.75) is 12.1 Å². The van der Waals surface area contributed by atoms with Crippen LogP contribution in [-0.2, 0) is 0 Å². The Labute approximate surface area is 130 Å². The van der Waals surface area contributed by atoms with Gasteiger partial charge in [-0.1, -0.05) is 41.0 Å². The van der Waals surface area contributed by atoms with Gasteiger partial charge in [0.2, 0.25) is 0 Å². The van der Waals surface area contributed by atoms with Gasteiger partial charge in [-0.2, -0.15) is 0 Å². The van der Waals surface area contributed by atoms with E-state index in [2.05, 4.69) is 15.3 Å². The second kappa shape index (κ2) is 6.43. The number of carbonyl (C=O) groups excluding carboxylic acids is 1. The first kappa shape index (κ1) is 15.1. The Kier molecular flexibility index (Phi) is 4.86. The van der Waals surface area contributed by atoms with Crippen molar-refractivity contribution < 1.29 is 4.79 Å². The Balaban J connectivity index is 2.25. The molecule has 4 nitrogen and oxygen atoms in total. The zero-order valence-electron chi connectivity index (χ0n) is 10.8. The normalized spacial score (nSPS) is 10.4. The number of nitrogens with zero attached hydrogens (tertiary/aromatic N) is 2. The average molecular weight is 328 g/mol. The summed E-state index contributed by atoms with van der Waals surface area (Å²) < 4.78 is 0. The summed E-state index contributed by atoms with van der Waals surface area (Å²) in [5.41, 5.74) is 1.67.